The van der Waals surface area contributed by atoms with Gasteiger partial charge in [-0.1, -0.05) is 265 Å². The summed E-state index contributed by atoms with van der Waals surface area (Å²) < 4.78 is 16.8. The van der Waals surface area contributed by atoms with E-state index in [1.165, 1.54) is 199 Å². The van der Waals surface area contributed by atoms with Gasteiger partial charge in [0.15, 0.2) is 6.10 Å². The van der Waals surface area contributed by atoms with Crippen molar-refractivity contribution >= 4 is 17.9 Å². The second kappa shape index (κ2) is 48.4. The molecule has 0 N–H and O–H groups in total. The van der Waals surface area contributed by atoms with Crippen molar-refractivity contribution < 1.29 is 28.6 Å². The first kappa shape index (κ1) is 58.4. The predicted octanol–water partition coefficient (Wildman–Crippen LogP) is 17.5. The van der Waals surface area contributed by atoms with E-state index in [0.29, 0.717) is 19.3 Å². The largest absolute Gasteiger partial charge is 0.462 e. The number of carbonyl (C=O) groups excluding carboxylic acids is 3. The zero-order chi connectivity index (χ0) is 43.8. The first-order valence-corrected chi connectivity index (χ1v) is 26.9. The Morgan fingerprint density at radius 3 is 0.817 bits per heavy atom. The molecule has 0 aromatic heterocycles. The molecule has 0 fully saturated rings. The van der Waals surface area contributed by atoms with Crippen molar-refractivity contribution in [1.29, 1.82) is 0 Å². The molecule has 0 aliphatic rings. The summed E-state index contributed by atoms with van der Waals surface area (Å²) in [6.45, 7) is 9.04. The zero-order valence-corrected chi connectivity index (χ0v) is 40.9. The third kappa shape index (κ3) is 47.5. The van der Waals surface area contributed by atoms with Gasteiger partial charge in [0, 0.05) is 19.3 Å². The molecule has 0 spiro atoms. The van der Waals surface area contributed by atoms with Crippen LogP contribution in [0.5, 0.6) is 0 Å². The first-order chi connectivity index (χ1) is 29.4. The molecule has 6 heteroatoms. The summed E-state index contributed by atoms with van der Waals surface area (Å²) in [6.07, 6.45) is 50.9. The fraction of sp³-hybridized carbons (Fsp3) is 0.944. The molecule has 0 aromatic rings. The van der Waals surface area contributed by atoms with Crippen LogP contribution in [0.15, 0.2) is 0 Å². The maximum Gasteiger partial charge on any atom is 0.306 e. The Bertz CT molecular complexity index is 903. The highest BCUT2D eigenvalue weighted by molar-refractivity contribution is 5.71. The van der Waals surface area contributed by atoms with Gasteiger partial charge >= 0.3 is 17.9 Å². The molecule has 0 amide bonds. The van der Waals surface area contributed by atoms with Gasteiger partial charge in [-0.25, -0.2) is 0 Å². The van der Waals surface area contributed by atoms with Gasteiger partial charge in [-0.2, -0.15) is 0 Å². The molecule has 6 nitrogen and oxygen atoms in total. The highest BCUT2D eigenvalue weighted by atomic mass is 16.6. The molecule has 0 radical (unpaired) electrons. The molecule has 0 rings (SSSR count). The summed E-state index contributed by atoms with van der Waals surface area (Å²) in [4.78, 5) is 37.9. The van der Waals surface area contributed by atoms with E-state index in [1.807, 2.05) is 0 Å². The predicted molar refractivity (Wildman–Crippen MR) is 257 cm³/mol. The second-order valence-corrected chi connectivity index (χ2v) is 19.0. The first-order valence-electron chi connectivity index (χ1n) is 26.9. The maximum absolute atomic E-state index is 12.8. The van der Waals surface area contributed by atoms with Gasteiger partial charge in [0.05, 0.1) is 0 Å². The van der Waals surface area contributed by atoms with Crippen LogP contribution < -0.4 is 0 Å². The lowest BCUT2D eigenvalue weighted by molar-refractivity contribution is -0.167. The van der Waals surface area contributed by atoms with E-state index in [0.717, 1.165) is 63.7 Å². The molecular weight excluding hydrogens is 745 g/mol. The zero-order valence-electron chi connectivity index (χ0n) is 40.9. The van der Waals surface area contributed by atoms with Crippen LogP contribution in [0, 0.1) is 5.92 Å². The molecule has 1 atom stereocenters. The van der Waals surface area contributed by atoms with E-state index < -0.39 is 6.10 Å². The Morgan fingerprint density at radius 1 is 0.317 bits per heavy atom. The number of unbranched alkanes of at least 4 members (excludes halogenated alkanes) is 36. The Kier molecular flexibility index (Phi) is 47.2. The van der Waals surface area contributed by atoms with Crippen LogP contribution in [0.3, 0.4) is 0 Å². The quantitative estimate of drug-likeness (QED) is 0.0345. The molecule has 0 aliphatic carbocycles. The molecule has 356 valence electrons. The number of hydrogen-bond donors (Lipinski definition) is 0. The monoisotopic (exact) mass is 849 g/mol. The van der Waals surface area contributed by atoms with Crippen molar-refractivity contribution in [2.45, 2.75) is 310 Å². The number of rotatable bonds is 49. The molecule has 0 saturated heterocycles. The van der Waals surface area contributed by atoms with Gasteiger partial charge < -0.3 is 14.2 Å². The third-order valence-corrected chi connectivity index (χ3v) is 12.3. The lowest BCUT2D eigenvalue weighted by Gasteiger charge is -2.18. The van der Waals surface area contributed by atoms with Gasteiger partial charge in [0.25, 0.3) is 0 Å². The van der Waals surface area contributed by atoms with Crippen molar-refractivity contribution in [2.24, 2.45) is 5.92 Å². The topological polar surface area (TPSA) is 78.9 Å². The summed E-state index contributed by atoms with van der Waals surface area (Å²) in [7, 11) is 0. The van der Waals surface area contributed by atoms with E-state index in [9.17, 15) is 14.4 Å². The van der Waals surface area contributed by atoms with Crippen molar-refractivity contribution in [2.75, 3.05) is 13.2 Å². The van der Waals surface area contributed by atoms with E-state index in [1.54, 1.807) is 0 Å². The van der Waals surface area contributed by atoms with E-state index in [4.69, 9.17) is 14.2 Å². The Morgan fingerprint density at radius 2 is 0.550 bits per heavy atom. The summed E-state index contributed by atoms with van der Waals surface area (Å²) in [5, 5.41) is 0. The summed E-state index contributed by atoms with van der Waals surface area (Å²) >= 11 is 0. The minimum absolute atomic E-state index is 0.0623. The van der Waals surface area contributed by atoms with E-state index in [-0.39, 0.29) is 31.1 Å². The van der Waals surface area contributed by atoms with Crippen LogP contribution in [0.25, 0.3) is 0 Å². The third-order valence-electron chi connectivity index (χ3n) is 12.3. The van der Waals surface area contributed by atoms with Crippen molar-refractivity contribution in [3.05, 3.63) is 0 Å². The number of ether oxygens (including phenoxy) is 3. The standard InChI is InChI=1S/C54H104O6/c1-5-7-9-11-13-15-17-18-23-26-30-34-38-42-46-53(56)59-49-51(48-58-52(55)45-41-37-33-29-16-14-12-10-8-6-2)60-54(57)47-43-39-35-31-27-24-21-19-20-22-25-28-32-36-40-44-50(3)4/h50-51H,5-49H2,1-4H3/t51-/m0/s1. The fourth-order valence-corrected chi connectivity index (χ4v) is 8.22. The molecular formula is C54H104O6. The average molecular weight is 849 g/mol. The molecule has 0 heterocycles. The van der Waals surface area contributed by atoms with Crippen molar-refractivity contribution in [1.82, 2.24) is 0 Å². The van der Waals surface area contributed by atoms with Crippen LogP contribution >= 0.6 is 0 Å². The highest BCUT2D eigenvalue weighted by Crippen LogP contribution is 2.17. The van der Waals surface area contributed by atoms with Crippen molar-refractivity contribution in [3.8, 4) is 0 Å². The average Bonchev–Trinajstić information content (AvgIpc) is 3.23. The molecule has 0 unspecified atom stereocenters. The van der Waals surface area contributed by atoms with E-state index in [2.05, 4.69) is 27.7 Å². The second-order valence-electron chi connectivity index (χ2n) is 19.0. The highest BCUT2D eigenvalue weighted by Gasteiger charge is 2.19. The number of hydrogen-bond acceptors (Lipinski definition) is 6. The van der Waals surface area contributed by atoms with Crippen LogP contribution in [0.2, 0.25) is 0 Å². The SMILES string of the molecule is CCCCCCCCCCCCCCCCC(=O)OC[C@H](COC(=O)CCCCCCCCCCCC)OC(=O)CCCCCCCCCCCCCCCCCC(C)C. The summed E-state index contributed by atoms with van der Waals surface area (Å²) in [5.74, 6) is 0.00570. The minimum atomic E-state index is -0.760. The molecule has 0 aromatic carbocycles. The lowest BCUT2D eigenvalue weighted by Crippen LogP contribution is -2.30. The Labute approximate surface area is 374 Å². The van der Waals surface area contributed by atoms with E-state index >= 15 is 0 Å². The fourth-order valence-electron chi connectivity index (χ4n) is 8.22. The molecule has 60 heavy (non-hydrogen) atoms. The van der Waals surface area contributed by atoms with Gasteiger partial charge in [-0.15, -0.1) is 0 Å². The van der Waals surface area contributed by atoms with Crippen molar-refractivity contribution in [3.63, 3.8) is 0 Å². The van der Waals surface area contributed by atoms with Crippen LogP contribution in [0.1, 0.15) is 304 Å². The van der Waals surface area contributed by atoms with Crippen LogP contribution in [-0.2, 0) is 28.6 Å². The number of carbonyl (C=O) groups is 3. The lowest BCUT2D eigenvalue weighted by atomic mass is 10.0. The molecule has 0 saturated carbocycles. The Balaban J connectivity index is 4.26. The summed E-state index contributed by atoms with van der Waals surface area (Å²) in [6, 6.07) is 0. The Hall–Kier alpha value is -1.59. The minimum Gasteiger partial charge on any atom is -0.462 e. The van der Waals surface area contributed by atoms with Gasteiger partial charge in [0.2, 0.25) is 0 Å². The van der Waals surface area contributed by atoms with Gasteiger partial charge in [-0.05, 0) is 25.2 Å². The van der Waals surface area contributed by atoms with Crippen LogP contribution in [-0.4, -0.2) is 37.2 Å². The molecule has 0 bridgehead atoms. The maximum atomic E-state index is 12.8. The number of esters is 3. The summed E-state index contributed by atoms with van der Waals surface area (Å²) in [5.41, 5.74) is 0. The molecule has 0 aliphatic heterocycles. The van der Waals surface area contributed by atoms with Gasteiger partial charge in [-0.3, -0.25) is 14.4 Å². The van der Waals surface area contributed by atoms with Crippen LogP contribution in [0.4, 0.5) is 0 Å². The normalized spacial score (nSPS) is 11.9. The van der Waals surface area contributed by atoms with Gasteiger partial charge in [0.1, 0.15) is 13.2 Å². The smallest absolute Gasteiger partial charge is 0.306 e.